The fourth-order valence-corrected chi connectivity index (χ4v) is 3.04. The molecular formula is C14H28N2O. The molecule has 0 aromatic carbocycles. The molecule has 0 amide bonds. The van der Waals surface area contributed by atoms with E-state index >= 15 is 0 Å². The van der Waals surface area contributed by atoms with Crippen LogP contribution in [-0.2, 0) is 4.74 Å². The SMILES string of the molecule is CC(NCC1NCCCC1(C)C)C1CCOC1. The maximum Gasteiger partial charge on any atom is 0.0509 e. The van der Waals surface area contributed by atoms with E-state index in [1.807, 2.05) is 0 Å². The van der Waals surface area contributed by atoms with Crippen molar-refractivity contribution in [3.63, 3.8) is 0 Å². The number of nitrogens with one attached hydrogen (secondary N) is 2. The maximum absolute atomic E-state index is 5.46. The van der Waals surface area contributed by atoms with Gasteiger partial charge in [-0.1, -0.05) is 13.8 Å². The van der Waals surface area contributed by atoms with E-state index in [-0.39, 0.29) is 0 Å². The van der Waals surface area contributed by atoms with Crippen LogP contribution in [0.2, 0.25) is 0 Å². The normalized spacial score (nSPS) is 34.8. The zero-order valence-corrected chi connectivity index (χ0v) is 11.6. The monoisotopic (exact) mass is 240 g/mol. The van der Waals surface area contributed by atoms with Gasteiger partial charge in [-0.25, -0.2) is 0 Å². The third kappa shape index (κ3) is 3.43. The minimum Gasteiger partial charge on any atom is -0.381 e. The summed E-state index contributed by atoms with van der Waals surface area (Å²) in [5, 5.41) is 7.37. The summed E-state index contributed by atoms with van der Waals surface area (Å²) in [5.41, 5.74) is 0.428. The van der Waals surface area contributed by atoms with Gasteiger partial charge in [-0.05, 0) is 44.1 Å². The molecule has 100 valence electrons. The number of hydrogen-bond donors (Lipinski definition) is 2. The van der Waals surface area contributed by atoms with E-state index in [4.69, 9.17) is 4.74 Å². The Labute approximate surface area is 106 Å². The summed E-state index contributed by atoms with van der Waals surface area (Å²) in [5.74, 6) is 0.710. The van der Waals surface area contributed by atoms with Gasteiger partial charge in [0.2, 0.25) is 0 Å². The summed E-state index contributed by atoms with van der Waals surface area (Å²) >= 11 is 0. The highest BCUT2D eigenvalue weighted by molar-refractivity contribution is 4.90. The molecule has 2 aliphatic rings. The van der Waals surface area contributed by atoms with Crippen molar-refractivity contribution < 1.29 is 4.74 Å². The Morgan fingerprint density at radius 2 is 2.29 bits per heavy atom. The molecule has 0 radical (unpaired) electrons. The maximum atomic E-state index is 5.46. The Morgan fingerprint density at radius 3 is 2.94 bits per heavy atom. The highest BCUT2D eigenvalue weighted by atomic mass is 16.5. The van der Waals surface area contributed by atoms with E-state index < -0.39 is 0 Å². The van der Waals surface area contributed by atoms with Crippen LogP contribution in [0.1, 0.15) is 40.0 Å². The molecule has 2 saturated heterocycles. The molecule has 0 aromatic heterocycles. The van der Waals surface area contributed by atoms with Crippen LogP contribution in [-0.4, -0.2) is 38.4 Å². The molecule has 2 N–H and O–H groups in total. The van der Waals surface area contributed by atoms with Gasteiger partial charge in [0.05, 0.1) is 6.61 Å². The molecule has 3 heteroatoms. The Morgan fingerprint density at radius 1 is 1.47 bits per heavy atom. The third-order valence-corrected chi connectivity index (χ3v) is 4.65. The van der Waals surface area contributed by atoms with Gasteiger partial charge >= 0.3 is 0 Å². The topological polar surface area (TPSA) is 33.3 Å². The van der Waals surface area contributed by atoms with E-state index in [0.29, 0.717) is 23.4 Å². The summed E-state index contributed by atoms with van der Waals surface area (Å²) in [4.78, 5) is 0. The van der Waals surface area contributed by atoms with E-state index in [0.717, 1.165) is 19.8 Å². The van der Waals surface area contributed by atoms with Crippen molar-refractivity contribution in [3.8, 4) is 0 Å². The van der Waals surface area contributed by atoms with Crippen LogP contribution in [0.3, 0.4) is 0 Å². The molecule has 3 nitrogen and oxygen atoms in total. The van der Waals surface area contributed by atoms with Crippen LogP contribution >= 0.6 is 0 Å². The van der Waals surface area contributed by atoms with Crippen LogP contribution in [0.4, 0.5) is 0 Å². The highest BCUT2D eigenvalue weighted by Crippen LogP contribution is 2.29. The summed E-state index contributed by atoms with van der Waals surface area (Å²) < 4.78 is 5.46. The molecular weight excluding hydrogens is 212 g/mol. The molecule has 2 aliphatic heterocycles. The van der Waals surface area contributed by atoms with Crippen LogP contribution < -0.4 is 10.6 Å². The van der Waals surface area contributed by atoms with Crippen molar-refractivity contribution in [3.05, 3.63) is 0 Å². The van der Waals surface area contributed by atoms with E-state index in [1.165, 1.54) is 25.8 Å². The minimum absolute atomic E-state index is 0.428. The van der Waals surface area contributed by atoms with Crippen LogP contribution in [0.5, 0.6) is 0 Å². The molecule has 0 aliphatic carbocycles. The van der Waals surface area contributed by atoms with Gasteiger partial charge in [-0.2, -0.15) is 0 Å². The molecule has 3 atom stereocenters. The Hall–Kier alpha value is -0.120. The molecule has 3 unspecified atom stereocenters. The molecule has 0 aromatic rings. The van der Waals surface area contributed by atoms with Gasteiger partial charge in [-0.15, -0.1) is 0 Å². The fraction of sp³-hybridized carbons (Fsp3) is 1.00. The van der Waals surface area contributed by atoms with Crippen molar-refractivity contribution in [1.29, 1.82) is 0 Å². The molecule has 2 fully saturated rings. The van der Waals surface area contributed by atoms with Gasteiger partial charge < -0.3 is 15.4 Å². The largest absolute Gasteiger partial charge is 0.381 e. The zero-order chi connectivity index (χ0) is 12.3. The zero-order valence-electron chi connectivity index (χ0n) is 11.6. The second-order valence-corrected chi connectivity index (χ2v) is 6.42. The lowest BCUT2D eigenvalue weighted by Crippen LogP contribution is -2.53. The predicted octanol–water partition coefficient (Wildman–Crippen LogP) is 1.78. The Bertz CT molecular complexity index is 236. The molecule has 17 heavy (non-hydrogen) atoms. The van der Waals surface area contributed by atoms with Crippen LogP contribution in [0.15, 0.2) is 0 Å². The Kier molecular flexibility index (Phi) is 4.45. The van der Waals surface area contributed by atoms with Crippen LogP contribution in [0, 0.1) is 11.3 Å². The Balaban J connectivity index is 1.76. The van der Waals surface area contributed by atoms with Crippen molar-refractivity contribution in [2.75, 3.05) is 26.3 Å². The lowest BCUT2D eigenvalue weighted by atomic mass is 9.77. The van der Waals surface area contributed by atoms with E-state index in [2.05, 4.69) is 31.4 Å². The molecule has 0 saturated carbocycles. The first kappa shape index (κ1) is 13.3. The highest BCUT2D eigenvalue weighted by Gasteiger charge is 2.32. The van der Waals surface area contributed by atoms with Gasteiger partial charge in [-0.3, -0.25) is 0 Å². The third-order valence-electron chi connectivity index (χ3n) is 4.65. The van der Waals surface area contributed by atoms with E-state index in [1.54, 1.807) is 0 Å². The average molecular weight is 240 g/mol. The fourth-order valence-electron chi connectivity index (χ4n) is 3.04. The lowest BCUT2D eigenvalue weighted by molar-refractivity contribution is 0.160. The quantitative estimate of drug-likeness (QED) is 0.786. The summed E-state index contributed by atoms with van der Waals surface area (Å²) in [6, 6.07) is 1.19. The van der Waals surface area contributed by atoms with Crippen molar-refractivity contribution in [2.45, 2.75) is 52.1 Å². The molecule has 2 rings (SSSR count). The first-order valence-electron chi connectivity index (χ1n) is 7.14. The molecule has 0 spiro atoms. The van der Waals surface area contributed by atoms with Gasteiger partial charge in [0.15, 0.2) is 0 Å². The summed E-state index contributed by atoms with van der Waals surface area (Å²) in [6.45, 7) is 11.2. The minimum atomic E-state index is 0.428. The van der Waals surface area contributed by atoms with Crippen molar-refractivity contribution in [1.82, 2.24) is 10.6 Å². The van der Waals surface area contributed by atoms with Crippen molar-refractivity contribution in [2.24, 2.45) is 11.3 Å². The van der Waals surface area contributed by atoms with Gasteiger partial charge in [0.1, 0.15) is 0 Å². The summed E-state index contributed by atoms with van der Waals surface area (Å²) in [7, 11) is 0. The standard InChI is InChI=1S/C14H28N2O/c1-11(12-5-8-17-10-12)16-9-13-14(2,3)6-4-7-15-13/h11-13,15-16H,4-10H2,1-3H3. The molecule has 2 heterocycles. The smallest absolute Gasteiger partial charge is 0.0509 e. The predicted molar refractivity (Wildman–Crippen MR) is 71.2 cm³/mol. The summed E-state index contributed by atoms with van der Waals surface area (Å²) in [6.07, 6.45) is 3.87. The first-order valence-corrected chi connectivity index (χ1v) is 7.14. The molecule has 0 bridgehead atoms. The van der Waals surface area contributed by atoms with Crippen LogP contribution in [0.25, 0.3) is 0 Å². The number of hydrogen-bond acceptors (Lipinski definition) is 3. The average Bonchev–Trinajstić information content (AvgIpc) is 2.80. The second-order valence-electron chi connectivity index (χ2n) is 6.42. The van der Waals surface area contributed by atoms with E-state index in [9.17, 15) is 0 Å². The lowest BCUT2D eigenvalue weighted by Gasteiger charge is -2.40. The second kappa shape index (κ2) is 5.68. The number of rotatable bonds is 4. The van der Waals surface area contributed by atoms with Gasteiger partial charge in [0, 0.05) is 25.2 Å². The van der Waals surface area contributed by atoms with Crippen molar-refractivity contribution >= 4 is 0 Å². The first-order chi connectivity index (χ1) is 8.09. The number of piperidine rings is 1. The van der Waals surface area contributed by atoms with Gasteiger partial charge in [0.25, 0.3) is 0 Å². The number of ether oxygens (including phenoxy) is 1.